The van der Waals surface area contributed by atoms with Crippen LogP contribution in [0.5, 0.6) is 0 Å². The Hall–Kier alpha value is -3.10. The molecule has 0 aliphatic carbocycles. The van der Waals surface area contributed by atoms with Crippen LogP contribution in [0.25, 0.3) is 11.1 Å². The maximum Gasteiger partial charge on any atom is 0.326 e. The zero-order valence-corrected chi connectivity index (χ0v) is 17.7. The largest absolute Gasteiger partial charge is 0.481 e. The Labute approximate surface area is 188 Å². The van der Waals surface area contributed by atoms with E-state index in [9.17, 15) is 19.2 Å². The summed E-state index contributed by atoms with van der Waals surface area (Å²) in [6.07, 6.45) is -0.524. The van der Waals surface area contributed by atoms with Crippen molar-refractivity contribution in [3.63, 3.8) is 0 Å². The van der Waals surface area contributed by atoms with Crippen LogP contribution in [-0.2, 0) is 14.4 Å². The third kappa shape index (κ3) is 7.58. The molecule has 0 spiro atoms. The summed E-state index contributed by atoms with van der Waals surface area (Å²) < 4.78 is 0. The maximum absolute atomic E-state index is 12.4. The van der Waals surface area contributed by atoms with Gasteiger partial charge >= 0.3 is 11.9 Å². The van der Waals surface area contributed by atoms with Gasteiger partial charge in [0.25, 0.3) is 5.91 Å². The van der Waals surface area contributed by atoms with Gasteiger partial charge in [0.2, 0.25) is 5.91 Å². The van der Waals surface area contributed by atoms with Gasteiger partial charge in [-0.25, -0.2) is 4.79 Å². The first-order valence-corrected chi connectivity index (χ1v) is 10.0. The number of rotatable bonds is 10. The van der Waals surface area contributed by atoms with Gasteiger partial charge in [0.05, 0.1) is 16.5 Å². The van der Waals surface area contributed by atoms with Crippen LogP contribution in [0.1, 0.15) is 29.6 Å². The van der Waals surface area contributed by atoms with Crippen molar-refractivity contribution >= 4 is 47.0 Å². The number of carbonyl (C=O) groups excluding carboxylic acids is 2. The molecule has 0 unspecified atom stereocenters. The van der Waals surface area contributed by atoms with Gasteiger partial charge < -0.3 is 20.8 Å². The molecule has 2 aromatic carbocycles. The lowest BCUT2D eigenvalue weighted by atomic mass is 10.0. The van der Waals surface area contributed by atoms with Crippen molar-refractivity contribution in [2.45, 2.75) is 25.3 Å². The van der Waals surface area contributed by atoms with Gasteiger partial charge in [-0.05, 0) is 41.8 Å². The second-order valence-corrected chi connectivity index (χ2v) is 7.44. The van der Waals surface area contributed by atoms with Gasteiger partial charge in [-0.2, -0.15) is 0 Å². The predicted molar refractivity (Wildman–Crippen MR) is 115 cm³/mol. The molecular weight excluding hydrogens is 447 g/mol. The molecule has 0 saturated carbocycles. The summed E-state index contributed by atoms with van der Waals surface area (Å²) in [5.74, 6) is -3.70. The minimum atomic E-state index is -1.50. The Morgan fingerprint density at radius 1 is 0.935 bits per heavy atom. The summed E-state index contributed by atoms with van der Waals surface area (Å²) in [5, 5.41) is 23.3. The molecule has 0 fully saturated rings. The van der Waals surface area contributed by atoms with Crippen LogP contribution in [0.2, 0.25) is 10.0 Å². The number of hydrogen-bond acceptors (Lipinski definition) is 4. The summed E-state index contributed by atoms with van der Waals surface area (Å²) in [4.78, 5) is 45.8. The van der Waals surface area contributed by atoms with E-state index in [1.807, 2.05) is 6.07 Å². The molecule has 31 heavy (non-hydrogen) atoms. The molecule has 2 rings (SSSR count). The molecule has 10 heteroatoms. The van der Waals surface area contributed by atoms with Crippen molar-refractivity contribution in [1.29, 1.82) is 0 Å². The molecule has 0 aliphatic heterocycles. The number of nitrogens with one attached hydrogen (secondary N) is 2. The van der Waals surface area contributed by atoms with E-state index < -0.39 is 30.3 Å². The molecule has 0 radical (unpaired) electrons. The monoisotopic (exact) mass is 466 g/mol. The molecule has 0 aliphatic rings. The van der Waals surface area contributed by atoms with Gasteiger partial charge in [-0.1, -0.05) is 41.4 Å². The number of carboxylic acid groups (broad SMARTS) is 2. The molecule has 0 heterocycles. The standard InChI is InChI=1S/C21H20Cl2N2O6/c22-15-7-6-13(10-16(15)23)12-3-1-4-14(9-12)20(29)24-8-2-5-18(26)25-17(21(30)31)11-19(27)28/h1,3-4,6-7,9-10,17H,2,5,8,11H2,(H,24,29)(H,25,26)(H,27,28)(H,30,31)/t17-/m0/s1. The van der Waals surface area contributed by atoms with Crippen molar-refractivity contribution in [3.8, 4) is 11.1 Å². The Morgan fingerprint density at radius 2 is 1.65 bits per heavy atom. The van der Waals surface area contributed by atoms with Crippen LogP contribution in [-0.4, -0.2) is 46.6 Å². The highest BCUT2D eigenvalue weighted by molar-refractivity contribution is 6.42. The van der Waals surface area contributed by atoms with Crippen LogP contribution < -0.4 is 10.6 Å². The maximum atomic E-state index is 12.4. The summed E-state index contributed by atoms with van der Waals surface area (Å²) in [6.45, 7) is 0.180. The lowest BCUT2D eigenvalue weighted by Crippen LogP contribution is -2.42. The van der Waals surface area contributed by atoms with E-state index in [1.165, 1.54) is 0 Å². The Balaban J connectivity index is 1.86. The van der Waals surface area contributed by atoms with Crippen molar-refractivity contribution in [2.24, 2.45) is 0 Å². The summed E-state index contributed by atoms with van der Waals surface area (Å²) in [6, 6.07) is 10.6. The molecule has 4 N–H and O–H groups in total. The highest BCUT2D eigenvalue weighted by atomic mass is 35.5. The Morgan fingerprint density at radius 3 is 2.29 bits per heavy atom. The molecule has 2 aromatic rings. The van der Waals surface area contributed by atoms with E-state index in [2.05, 4.69) is 10.6 Å². The van der Waals surface area contributed by atoms with Gasteiger partial charge in [-0.15, -0.1) is 0 Å². The van der Waals surface area contributed by atoms with Crippen molar-refractivity contribution in [3.05, 3.63) is 58.1 Å². The van der Waals surface area contributed by atoms with Gasteiger partial charge in [0.1, 0.15) is 6.04 Å². The first-order valence-electron chi connectivity index (χ1n) is 9.25. The zero-order chi connectivity index (χ0) is 23.0. The summed E-state index contributed by atoms with van der Waals surface area (Å²) in [5.41, 5.74) is 2.00. The quantitative estimate of drug-likeness (QED) is 0.397. The van der Waals surface area contributed by atoms with E-state index in [1.54, 1.807) is 36.4 Å². The summed E-state index contributed by atoms with van der Waals surface area (Å²) >= 11 is 12.0. The minimum absolute atomic E-state index is 0.0625. The number of aliphatic carboxylic acids is 2. The molecule has 0 bridgehead atoms. The van der Waals surface area contributed by atoms with E-state index >= 15 is 0 Å². The SMILES string of the molecule is O=C(O)C[C@H](NC(=O)CCCNC(=O)c1cccc(-c2ccc(Cl)c(Cl)c2)c1)C(=O)O. The van der Waals surface area contributed by atoms with Crippen molar-refractivity contribution in [1.82, 2.24) is 10.6 Å². The van der Waals surface area contributed by atoms with E-state index in [0.29, 0.717) is 15.6 Å². The number of amides is 2. The lowest BCUT2D eigenvalue weighted by Gasteiger charge is -2.12. The first kappa shape index (κ1) is 24.2. The van der Waals surface area contributed by atoms with Crippen LogP contribution in [0, 0.1) is 0 Å². The fourth-order valence-corrected chi connectivity index (χ4v) is 3.01. The van der Waals surface area contributed by atoms with Gasteiger partial charge in [-0.3, -0.25) is 14.4 Å². The van der Waals surface area contributed by atoms with E-state index in [4.69, 9.17) is 33.4 Å². The fraction of sp³-hybridized carbons (Fsp3) is 0.238. The molecule has 2 amide bonds. The number of carboxylic acids is 2. The average Bonchev–Trinajstić information content (AvgIpc) is 2.72. The molecule has 1 atom stereocenters. The lowest BCUT2D eigenvalue weighted by molar-refractivity contribution is -0.147. The van der Waals surface area contributed by atoms with Crippen molar-refractivity contribution in [2.75, 3.05) is 6.54 Å². The van der Waals surface area contributed by atoms with Gasteiger partial charge in [0, 0.05) is 18.5 Å². The predicted octanol–water partition coefficient (Wildman–Crippen LogP) is 3.21. The molecular formula is C21H20Cl2N2O6. The van der Waals surface area contributed by atoms with Crippen LogP contribution in [0.15, 0.2) is 42.5 Å². The zero-order valence-electron chi connectivity index (χ0n) is 16.2. The third-order valence-corrected chi connectivity index (χ3v) is 4.99. The molecule has 0 aromatic heterocycles. The second-order valence-electron chi connectivity index (χ2n) is 6.63. The van der Waals surface area contributed by atoms with Crippen LogP contribution in [0.3, 0.4) is 0 Å². The number of hydrogen-bond donors (Lipinski definition) is 4. The van der Waals surface area contributed by atoms with E-state index in [0.717, 1.165) is 11.1 Å². The highest BCUT2D eigenvalue weighted by Crippen LogP contribution is 2.28. The highest BCUT2D eigenvalue weighted by Gasteiger charge is 2.22. The van der Waals surface area contributed by atoms with Crippen molar-refractivity contribution < 1.29 is 29.4 Å². The number of benzene rings is 2. The van der Waals surface area contributed by atoms with Gasteiger partial charge in [0.15, 0.2) is 0 Å². The van der Waals surface area contributed by atoms with E-state index in [-0.39, 0.29) is 25.3 Å². The Bertz CT molecular complexity index is 996. The molecule has 8 nitrogen and oxygen atoms in total. The average molecular weight is 467 g/mol. The smallest absolute Gasteiger partial charge is 0.326 e. The summed E-state index contributed by atoms with van der Waals surface area (Å²) in [7, 11) is 0. The fourth-order valence-electron chi connectivity index (χ4n) is 2.71. The second kappa shape index (κ2) is 11.3. The molecule has 0 saturated heterocycles. The topological polar surface area (TPSA) is 133 Å². The molecule has 164 valence electrons. The van der Waals surface area contributed by atoms with Crippen LogP contribution in [0.4, 0.5) is 0 Å². The first-order chi connectivity index (χ1) is 14.7. The minimum Gasteiger partial charge on any atom is -0.481 e. The normalized spacial score (nSPS) is 11.4. The number of carbonyl (C=O) groups is 4. The number of halogens is 2. The van der Waals surface area contributed by atoms with Crippen LogP contribution >= 0.6 is 23.2 Å². The third-order valence-electron chi connectivity index (χ3n) is 4.26. The Kier molecular flexibility index (Phi) is 8.84.